The molecule has 2 rings (SSSR count). The standard InChI is InChI=1S/C24H31N3O4/c1-15(2)20(25-21(28)16-7-11-18(12-8-16)24(3,4)5)23(30)27-26-22(29)17-9-13-19(31-6)14-10-17/h7-15,20H,1-6H3,(H,25,28)(H,26,29)(H,27,30)/t20-/m0/s1. The summed E-state index contributed by atoms with van der Waals surface area (Å²) < 4.78 is 5.06. The molecule has 0 aliphatic carbocycles. The molecule has 0 aliphatic rings. The SMILES string of the molecule is COc1ccc(C(=O)NNC(=O)[C@@H](NC(=O)c2ccc(C(C)(C)C)cc2)C(C)C)cc1. The molecule has 0 radical (unpaired) electrons. The summed E-state index contributed by atoms with van der Waals surface area (Å²) in [4.78, 5) is 37.5. The lowest BCUT2D eigenvalue weighted by Gasteiger charge is -2.22. The smallest absolute Gasteiger partial charge is 0.269 e. The Hall–Kier alpha value is -3.35. The highest BCUT2D eigenvalue weighted by Gasteiger charge is 2.25. The van der Waals surface area contributed by atoms with Gasteiger partial charge in [-0.25, -0.2) is 0 Å². The van der Waals surface area contributed by atoms with E-state index in [1.165, 1.54) is 7.11 Å². The van der Waals surface area contributed by atoms with Gasteiger partial charge in [-0.15, -0.1) is 0 Å². The Morgan fingerprint density at radius 3 is 1.81 bits per heavy atom. The Morgan fingerprint density at radius 2 is 1.32 bits per heavy atom. The number of methoxy groups -OCH3 is 1. The third kappa shape index (κ3) is 6.57. The average molecular weight is 426 g/mol. The van der Waals surface area contributed by atoms with Gasteiger partial charge >= 0.3 is 0 Å². The third-order valence-electron chi connectivity index (χ3n) is 4.90. The van der Waals surface area contributed by atoms with Crippen molar-refractivity contribution in [3.8, 4) is 5.75 Å². The van der Waals surface area contributed by atoms with Crippen LogP contribution in [0.4, 0.5) is 0 Å². The molecule has 3 N–H and O–H groups in total. The molecule has 7 heteroatoms. The highest BCUT2D eigenvalue weighted by Crippen LogP contribution is 2.22. The first-order valence-corrected chi connectivity index (χ1v) is 10.2. The molecule has 31 heavy (non-hydrogen) atoms. The third-order valence-corrected chi connectivity index (χ3v) is 4.90. The second kappa shape index (κ2) is 10.1. The van der Waals surface area contributed by atoms with E-state index in [1.807, 2.05) is 26.0 Å². The minimum absolute atomic E-state index is 0.0164. The van der Waals surface area contributed by atoms with Gasteiger partial charge in [-0.3, -0.25) is 25.2 Å². The van der Waals surface area contributed by atoms with Crippen molar-refractivity contribution in [2.75, 3.05) is 7.11 Å². The first-order chi connectivity index (χ1) is 14.5. The summed E-state index contributed by atoms with van der Waals surface area (Å²) in [6, 6.07) is 13.0. The van der Waals surface area contributed by atoms with Crippen LogP contribution >= 0.6 is 0 Å². The monoisotopic (exact) mass is 425 g/mol. The van der Waals surface area contributed by atoms with Crippen LogP contribution in [0.5, 0.6) is 5.75 Å². The zero-order valence-corrected chi connectivity index (χ0v) is 18.9. The van der Waals surface area contributed by atoms with E-state index in [0.717, 1.165) is 5.56 Å². The van der Waals surface area contributed by atoms with Crippen LogP contribution in [-0.2, 0) is 10.2 Å². The summed E-state index contributed by atoms with van der Waals surface area (Å²) >= 11 is 0. The van der Waals surface area contributed by atoms with Crippen LogP contribution in [0.1, 0.15) is 60.9 Å². The maximum atomic E-state index is 12.7. The Kier molecular flexibility index (Phi) is 7.80. The molecule has 0 unspecified atom stereocenters. The summed E-state index contributed by atoms with van der Waals surface area (Å²) in [7, 11) is 1.54. The fraction of sp³-hybridized carbons (Fsp3) is 0.375. The summed E-state index contributed by atoms with van der Waals surface area (Å²) in [5, 5.41) is 2.75. The van der Waals surface area contributed by atoms with Crippen LogP contribution in [0, 0.1) is 5.92 Å². The van der Waals surface area contributed by atoms with Gasteiger partial charge in [-0.2, -0.15) is 0 Å². The van der Waals surface area contributed by atoms with E-state index in [4.69, 9.17) is 4.74 Å². The normalized spacial score (nSPS) is 12.1. The molecule has 0 aliphatic heterocycles. The maximum Gasteiger partial charge on any atom is 0.269 e. The Morgan fingerprint density at radius 1 is 0.806 bits per heavy atom. The quantitative estimate of drug-likeness (QED) is 0.619. The largest absolute Gasteiger partial charge is 0.497 e. The van der Waals surface area contributed by atoms with Crippen molar-refractivity contribution in [3.63, 3.8) is 0 Å². The second-order valence-electron chi connectivity index (χ2n) is 8.69. The molecule has 0 fully saturated rings. The number of hydrazine groups is 1. The first-order valence-electron chi connectivity index (χ1n) is 10.2. The number of amides is 3. The Labute approximate surface area is 183 Å². The van der Waals surface area contributed by atoms with Gasteiger partial charge in [0.1, 0.15) is 11.8 Å². The number of rotatable bonds is 6. The fourth-order valence-corrected chi connectivity index (χ4v) is 2.89. The maximum absolute atomic E-state index is 12.7. The summed E-state index contributed by atoms with van der Waals surface area (Å²) in [6.45, 7) is 9.93. The molecule has 7 nitrogen and oxygen atoms in total. The summed E-state index contributed by atoms with van der Waals surface area (Å²) in [5.41, 5.74) is 6.70. The van der Waals surface area contributed by atoms with Crippen LogP contribution in [0.3, 0.4) is 0 Å². The molecule has 0 saturated carbocycles. The van der Waals surface area contributed by atoms with Crippen molar-refractivity contribution < 1.29 is 19.1 Å². The Balaban J connectivity index is 1.99. The average Bonchev–Trinajstić information content (AvgIpc) is 2.74. The van der Waals surface area contributed by atoms with Crippen molar-refractivity contribution in [3.05, 3.63) is 65.2 Å². The molecular formula is C24H31N3O4. The van der Waals surface area contributed by atoms with E-state index in [9.17, 15) is 14.4 Å². The van der Waals surface area contributed by atoms with Crippen LogP contribution < -0.4 is 20.9 Å². The van der Waals surface area contributed by atoms with Gasteiger partial charge in [0.25, 0.3) is 17.7 Å². The van der Waals surface area contributed by atoms with E-state index >= 15 is 0 Å². The van der Waals surface area contributed by atoms with Gasteiger partial charge in [0, 0.05) is 11.1 Å². The number of nitrogens with one attached hydrogen (secondary N) is 3. The zero-order chi connectivity index (χ0) is 23.2. The molecule has 0 saturated heterocycles. The van der Waals surface area contributed by atoms with Gasteiger partial charge in [0.15, 0.2) is 0 Å². The van der Waals surface area contributed by atoms with Crippen molar-refractivity contribution in [2.45, 2.75) is 46.1 Å². The van der Waals surface area contributed by atoms with Crippen molar-refractivity contribution >= 4 is 17.7 Å². The van der Waals surface area contributed by atoms with Gasteiger partial charge in [-0.1, -0.05) is 46.8 Å². The van der Waals surface area contributed by atoms with Gasteiger partial charge in [0.05, 0.1) is 7.11 Å². The lowest BCUT2D eigenvalue weighted by atomic mass is 9.86. The molecule has 3 amide bonds. The van der Waals surface area contributed by atoms with Crippen molar-refractivity contribution in [2.24, 2.45) is 5.92 Å². The summed E-state index contributed by atoms with van der Waals surface area (Å²) in [6.07, 6.45) is 0. The minimum atomic E-state index is -0.814. The Bertz CT molecular complexity index is 913. The molecule has 0 aromatic heterocycles. The number of carbonyl (C=O) groups is 3. The molecule has 2 aromatic rings. The zero-order valence-electron chi connectivity index (χ0n) is 18.9. The number of benzene rings is 2. The summed E-state index contributed by atoms with van der Waals surface area (Å²) in [5.74, 6) is -0.885. The van der Waals surface area contributed by atoms with Crippen molar-refractivity contribution in [1.82, 2.24) is 16.2 Å². The molecule has 1 atom stereocenters. The molecule has 2 aromatic carbocycles. The van der Waals surface area contributed by atoms with Gasteiger partial charge in [-0.05, 0) is 53.3 Å². The highest BCUT2D eigenvalue weighted by atomic mass is 16.5. The van der Waals surface area contributed by atoms with E-state index < -0.39 is 17.9 Å². The van der Waals surface area contributed by atoms with Crippen LogP contribution in [0.25, 0.3) is 0 Å². The number of ether oxygens (including phenoxy) is 1. The molecule has 0 bridgehead atoms. The number of carbonyl (C=O) groups excluding carboxylic acids is 3. The predicted octanol–water partition coefficient (Wildman–Crippen LogP) is 3.21. The van der Waals surface area contributed by atoms with E-state index in [1.54, 1.807) is 36.4 Å². The molecule has 0 heterocycles. The number of hydrogen-bond acceptors (Lipinski definition) is 4. The van der Waals surface area contributed by atoms with E-state index in [0.29, 0.717) is 16.9 Å². The number of hydrogen-bond donors (Lipinski definition) is 3. The lowest BCUT2D eigenvalue weighted by molar-refractivity contribution is -0.124. The topological polar surface area (TPSA) is 96.5 Å². The van der Waals surface area contributed by atoms with E-state index in [2.05, 4.69) is 36.9 Å². The molecular weight excluding hydrogens is 394 g/mol. The van der Waals surface area contributed by atoms with Crippen molar-refractivity contribution in [1.29, 1.82) is 0 Å². The fourth-order valence-electron chi connectivity index (χ4n) is 2.89. The predicted molar refractivity (Wildman–Crippen MR) is 120 cm³/mol. The van der Waals surface area contributed by atoms with E-state index in [-0.39, 0.29) is 17.2 Å². The van der Waals surface area contributed by atoms with Crippen LogP contribution in [0.2, 0.25) is 0 Å². The van der Waals surface area contributed by atoms with Gasteiger partial charge in [0.2, 0.25) is 0 Å². The van der Waals surface area contributed by atoms with Gasteiger partial charge < -0.3 is 10.1 Å². The lowest BCUT2D eigenvalue weighted by Crippen LogP contribution is -2.54. The minimum Gasteiger partial charge on any atom is -0.497 e. The highest BCUT2D eigenvalue weighted by molar-refractivity contribution is 5.99. The second-order valence-corrected chi connectivity index (χ2v) is 8.69. The van der Waals surface area contributed by atoms with Crippen LogP contribution in [0.15, 0.2) is 48.5 Å². The first kappa shape index (κ1) is 23.9. The molecule has 0 spiro atoms. The molecule has 166 valence electrons. The van der Waals surface area contributed by atoms with Crippen LogP contribution in [-0.4, -0.2) is 30.9 Å².